The van der Waals surface area contributed by atoms with Crippen LogP contribution in [0.2, 0.25) is 0 Å². The van der Waals surface area contributed by atoms with Gasteiger partial charge in [0.25, 0.3) is 5.91 Å². The first kappa shape index (κ1) is 21.1. The summed E-state index contributed by atoms with van der Waals surface area (Å²) in [5.74, 6) is -0.264. The van der Waals surface area contributed by atoms with Crippen molar-refractivity contribution in [2.75, 3.05) is 25.3 Å². The van der Waals surface area contributed by atoms with Gasteiger partial charge < -0.3 is 19.2 Å². The van der Waals surface area contributed by atoms with Crippen molar-refractivity contribution in [2.24, 2.45) is 0 Å². The summed E-state index contributed by atoms with van der Waals surface area (Å²) < 4.78 is 38.6. The number of sulfone groups is 1. The van der Waals surface area contributed by atoms with Crippen LogP contribution in [0.15, 0.2) is 63.9 Å². The number of ether oxygens (including phenoxy) is 2. The van der Waals surface area contributed by atoms with Crippen LogP contribution in [0.3, 0.4) is 0 Å². The summed E-state index contributed by atoms with van der Waals surface area (Å²) >= 11 is 0. The molecule has 1 aromatic heterocycles. The van der Waals surface area contributed by atoms with Crippen LogP contribution in [0.1, 0.15) is 5.76 Å². The molecule has 3 aromatic rings. The molecule has 0 bridgehead atoms. The molecule has 0 radical (unpaired) electrons. The highest BCUT2D eigenvalue weighted by atomic mass is 32.2. The van der Waals surface area contributed by atoms with E-state index in [1.54, 1.807) is 12.1 Å². The molecule has 0 spiro atoms. The number of benzene rings is 2. The van der Waals surface area contributed by atoms with E-state index in [1.165, 1.54) is 37.5 Å². The molecule has 3 rings (SSSR count). The molecule has 0 saturated carbocycles. The van der Waals surface area contributed by atoms with Crippen molar-refractivity contribution >= 4 is 44.4 Å². The lowest BCUT2D eigenvalue weighted by Gasteiger charge is -2.06. The number of amides is 1. The van der Waals surface area contributed by atoms with E-state index in [2.05, 4.69) is 5.32 Å². The zero-order valence-electron chi connectivity index (χ0n) is 16.2. The molecule has 9 heteroatoms. The number of hydrogen-bond acceptors (Lipinski definition) is 7. The number of fused-ring (bicyclic) bond motifs is 1. The topological polar surface area (TPSA) is 112 Å². The van der Waals surface area contributed by atoms with Crippen LogP contribution in [0, 0.1) is 0 Å². The van der Waals surface area contributed by atoms with Gasteiger partial charge in [0.2, 0.25) is 0 Å². The predicted molar refractivity (Wildman–Crippen MR) is 111 cm³/mol. The third-order valence-electron chi connectivity index (χ3n) is 4.04. The molecule has 0 saturated heterocycles. The van der Waals surface area contributed by atoms with Crippen molar-refractivity contribution in [1.29, 1.82) is 0 Å². The summed E-state index contributed by atoms with van der Waals surface area (Å²) in [6.07, 6.45) is 3.68. The standard InChI is InChI=1S/C21H19NO7S/c1-27-18-5-3-4-14-12-16(29-21(14)18)8-11-20(24)28-13-19(23)22-15-6-9-17(10-7-15)30(2,25)26/h3-12H,13H2,1-2H3,(H,22,23). The first-order valence-electron chi connectivity index (χ1n) is 8.77. The summed E-state index contributed by atoms with van der Waals surface area (Å²) in [6, 6.07) is 12.8. The minimum Gasteiger partial charge on any atom is -0.493 e. The van der Waals surface area contributed by atoms with Gasteiger partial charge >= 0.3 is 5.97 Å². The van der Waals surface area contributed by atoms with Gasteiger partial charge in [0.05, 0.1) is 12.0 Å². The largest absolute Gasteiger partial charge is 0.493 e. The van der Waals surface area contributed by atoms with Crippen LogP contribution in [-0.2, 0) is 24.2 Å². The van der Waals surface area contributed by atoms with E-state index in [-0.39, 0.29) is 4.90 Å². The van der Waals surface area contributed by atoms with E-state index in [1.807, 2.05) is 12.1 Å². The Morgan fingerprint density at radius 1 is 1.13 bits per heavy atom. The number of carbonyl (C=O) groups is 2. The molecule has 156 valence electrons. The zero-order valence-corrected chi connectivity index (χ0v) is 17.1. The normalized spacial score (nSPS) is 11.5. The molecule has 0 fully saturated rings. The van der Waals surface area contributed by atoms with Gasteiger partial charge in [-0.25, -0.2) is 13.2 Å². The van der Waals surface area contributed by atoms with E-state index >= 15 is 0 Å². The highest BCUT2D eigenvalue weighted by Gasteiger charge is 2.10. The third-order valence-corrected chi connectivity index (χ3v) is 5.17. The third kappa shape index (κ3) is 5.26. The SMILES string of the molecule is COc1cccc2cc(C=CC(=O)OCC(=O)Nc3ccc(S(C)(=O)=O)cc3)oc12. The molecular formula is C21H19NO7S. The van der Waals surface area contributed by atoms with Crippen molar-refractivity contribution in [3.05, 3.63) is 60.4 Å². The first-order valence-corrected chi connectivity index (χ1v) is 10.7. The lowest BCUT2D eigenvalue weighted by molar-refractivity contribution is -0.142. The molecule has 1 N–H and O–H groups in total. The number of para-hydroxylation sites is 1. The Labute approximate surface area is 173 Å². The number of furan rings is 1. The Morgan fingerprint density at radius 3 is 2.53 bits per heavy atom. The zero-order chi connectivity index (χ0) is 21.7. The molecule has 8 nitrogen and oxygen atoms in total. The van der Waals surface area contributed by atoms with Gasteiger partial charge in [0.1, 0.15) is 5.76 Å². The second-order valence-corrected chi connectivity index (χ2v) is 8.33. The van der Waals surface area contributed by atoms with Gasteiger partial charge in [-0.1, -0.05) is 12.1 Å². The Kier molecular flexibility index (Phi) is 6.22. The molecule has 0 unspecified atom stereocenters. The molecule has 0 aliphatic heterocycles. The predicted octanol–water partition coefficient (Wildman–Crippen LogP) is 3.04. The Morgan fingerprint density at radius 2 is 1.87 bits per heavy atom. The minimum atomic E-state index is -3.32. The fourth-order valence-corrected chi connectivity index (χ4v) is 3.25. The quantitative estimate of drug-likeness (QED) is 0.454. The molecule has 30 heavy (non-hydrogen) atoms. The fourth-order valence-electron chi connectivity index (χ4n) is 2.62. The van der Waals surface area contributed by atoms with Crippen LogP contribution in [0.4, 0.5) is 5.69 Å². The average molecular weight is 429 g/mol. The number of rotatable bonds is 7. The van der Waals surface area contributed by atoms with Crippen molar-refractivity contribution < 1.29 is 31.9 Å². The molecular weight excluding hydrogens is 410 g/mol. The Hall–Kier alpha value is -3.59. The van der Waals surface area contributed by atoms with Crippen molar-refractivity contribution in [1.82, 2.24) is 0 Å². The summed E-state index contributed by atoms with van der Waals surface area (Å²) in [5.41, 5.74) is 0.949. The lowest BCUT2D eigenvalue weighted by atomic mass is 10.2. The van der Waals surface area contributed by atoms with Gasteiger partial charge in [0.15, 0.2) is 27.8 Å². The van der Waals surface area contributed by atoms with Crippen molar-refractivity contribution in [3.63, 3.8) is 0 Å². The van der Waals surface area contributed by atoms with Crippen molar-refractivity contribution in [2.45, 2.75) is 4.90 Å². The number of nitrogens with one attached hydrogen (secondary N) is 1. The fraction of sp³-hybridized carbons (Fsp3) is 0.143. The maximum atomic E-state index is 11.9. The smallest absolute Gasteiger partial charge is 0.331 e. The first-order chi connectivity index (χ1) is 14.3. The van der Waals surface area contributed by atoms with Gasteiger partial charge in [-0.3, -0.25) is 4.79 Å². The van der Waals surface area contributed by atoms with Gasteiger partial charge in [-0.2, -0.15) is 0 Å². The second-order valence-electron chi connectivity index (χ2n) is 6.31. The van der Waals surface area contributed by atoms with Crippen LogP contribution >= 0.6 is 0 Å². The summed E-state index contributed by atoms with van der Waals surface area (Å²) in [7, 11) is -1.78. The summed E-state index contributed by atoms with van der Waals surface area (Å²) in [6.45, 7) is -0.495. The average Bonchev–Trinajstić information content (AvgIpc) is 3.13. The van der Waals surface area contributed by atoms with E-state index in [9.17, 15) is 18.0 Å². The summed E-state index contributed by atoms with van der Waals surface area (Å²) in [5, 5.41) is 3.34. The summed E-state index contributed by atoms with van der Waals surface area (Å²) in [4.78, 5) is 23.9. The number of hydrogen-bond donors (Lipinski definition) is 1. The molecule has 1 amide bonds. The van der Waals surface area contributed by atoms with E-state index in [0.29, 0.717) is 22.8 Å². The molecule has 0 aliphatic carbocycles. The highest BCUT2D eigenvalue weighted by molar-refractivity contribution is 7.90. The number of carbonyl (C=O) groups excluding carboxylic acids is 2. The molecule has 0 aliphatic rings. The van der Waals surface area contributed by atoms with Gasteiger partial charge in [-0.15, -0.1) is 0 Å². The second kappa shape index (κ2) is 8.83. The van der Waals surface area contributed by atoms with Gasteiger partial charge in [-0.05, 0) is 42.5 Å². The number of esters is 1. The molecule has 1 heterocycles. The minimum absolute atomic E-state index is 0.139. The van der Waals surface area contributed by atoms with E-state index in [4.69, 9.17) is 13.9 Å². The maximum Gasteiger partial charge on any atom is 0.331 e. The number of methoxy groups -OCH3 is 1. The van der Waals surface area contributed by atoms with E-state index in [0.717, 1.165) is 17.7 Å². The Balaban J connectivity index is 1.53. The Bertz CT molecular complexity index is 1210. The molecule has 0 atom stereocenters. The highest BCUT2D eigenvalue weighted by Crippen LogP contribution is 2.28. The van der Waals surface area contributed by atoms with Crippen LogP contribution in [0.25, 0.3) is 17.0 Å². The monoisotopic (exact) mass is 429 g/mol. The lowest BCUT2D eigenvalue weighted by Crippen LogP contribution is -2.20. The van der Waals surface area contributed by atoms with Crippen LogP contribution in [0.5, 0.6) is 5.75 Å². The van der Waals surface area contributed by atoms with Crippen molar-refractivity contribution in [3.8, 4) is 5.75 Å². The number of anilines is 1. The van der Waals surface area contributed by atoms with Crippen LogP contribution < -0.4 is 10.1 Å². The van der Waals surface area contributed by atoms with Crippen LogP contribution in [-0.4, -0.2) is 40.3 Å². The van der Waals surface area contributed by atoms with E-state index < -0.39 is 28.3 Å². The molecule has 2 aromatic carbocycles. The van der Waals surface area contributed by atoms with Gasteiger partial charge in [0, 0.05) is 23.4 Å². The maximum absolute atomic E-state index is 11.9.